The highest BCUT2D eigenvalue weighted by atomic mass is 32.2. The van der Waals surface area contributed by atoms with E-state index in [0.29, 0.717) is 24.3 Å². The van der Waals surface area contributed by atoms with E-state index in [-0.39, 0.29) is 5.91 Å². The second-order valence-corrected chi connectivity index (χ2v) is 10.1. The van der Waals surface area contributed by atoms with E-state index in [1.54, 1.807) is 11.8 Å². The molecule has 1 unspecified atom stereocenters. The summed E-state index contributed by atoms with van der Waals surface area (Å²) in [4.78, 5) is 18.9. The van der Waals surface area contributed by atoms with Crippen LogP contribution >= 0.6 is 23.1 Å². The van der Waals surface area contributed by atoms with E-state index >= 15 is 0 Å². The minimum Gasteiger partial charge on any atom is -0.317 e. The van der Waals surface area contributed by atoms with Gasteiger partial charge in [-0.3, -0.25) is 4.79 Å². The second kappa shape index (κ2) is 7.84. The fourth-order valence-electron chi connectivity index (χ4n) is 3.29. The third-order valence-electron chi connectivity index (χ3n) is 4.58. The molecule has 1 atom stereocenters. The Morgan fingerprint density at radius 2 is 2.15 bits per heavy atom. The van der Waals surface area contributed by atoms with Crippen LogP contribution in [0.5, 0.6) is 0 Å². The van der Waals surface area contributed by atoms with Crippen molar-refractivity contribution in [1.29, 1.82) is 0 Å². The van der Waals surface area contributed by atoms with Crippen molar-refractivity contribution in [2.45, 2.75) is 43.7 Å². The van der Waals surface area contributed by atoms with E-state index in [4.69, 9.17) is 0 Å². The third kappa shape index (κ3) is 3.90. The molecule has 1 aromatic carbocycles. The zero-order valence-corrected chi connectivity index (χ0v) is 17.6. The van der Waals surface area contributed by atoms with E-state index < -0.39 is 16.1 Å². The Kier molecular flexibility index (Phi) is 5.91. The molecule has 0 radical (unpaired) electrons. The van der Waals surface area contributed by atoms with Gasteiger partial charge < -0.3 is 4.57 Å². The summed E-state index contributed by atoms with van der Waals surface area (Å²) in [6.07, 6.45) is 5.35. The number of thiazole rings is 1. The van der Waals surface area contributed by atoms with Crippen LogP contribution in [-0.4, -0.2) is 48.3 Å². The molecule has 2 heterocycles. The normalized spacial score (nSPS) is 20.0. The maximum Gasteiger partial charge on any atom is 0.266 e. The summed E-state index contributed by atoms with van der Waals surface area (Å²) in [7, 11) is -3.42. The molecule has 1 aliphatic rings. The fraction of sp³-hybridized carbons (Fsp3) is 0.529. The van der Waals surface area contributed by atoms with Crippen LogP contribution in [0.4, 0.5) is 0 Å². The molecule has 142 valence electrons. The number of nitrogens with zero attached hydrogens (tertiary/aromatic N) is 3. The molecule has 3 rings (SSSR count). The van der Waals surface area contributed by atoms with Gasteiger partial charge in [0.1, 0.15) is 6.04 Å². The van der Waals surface area contributed by atoms with Crippen molar-refractivity contribution in [2.75, 3.05) is 19.1 Å². The number of aromatic nitrogens is 1. The molecule has 1 aliphatic heterocycles. The quantitative estimate of drug-likeness (QED) is 0.723. The Balaban J connectivity index is 2.04. The van der Waals surface area contributed by atoms with Gasteiger partial charge in [-0.25, -0.2) is 8.42 Å². The Morgan fingerprint density at radius 3 is 2.81 bits per heavy atom. The van der Waals surface area contributed by atoms with E-state index in [9.17, 15) is 13.2 Å². The van der Waals surface area contributed by atoms with Crippen LogP contribution in [0.2, 0.25) is 0 Å². The van der Waals surface area contributed by atoms with Crippen LogP contribution in [-0.2, 0) is 21.4 Å². The number of carbonyl (C=O) groups is 1. The first kappa shape index (κ1) is 19.6. The molecule has 26 heavy (non-hydrogen) atoms. The third-order valence-corrected chi connectivity index (χ3v) is 7.63. The van der Waals surface area contributed by atoms with Gasteiger partial charge in [-0.15, -0.1) is 11.8 Å². The fourth-order valence-corrected chi connectivity index (χ4v) is 6.06. The van der Waals surface area contributed by atoms with Gasteiger partial charge in [0, 0.05) is 18.0 Å². The molecular formula is C17H23N3O3S3. The van der Waals surface area contributed by atoms with Crippen molar-refractivity contribution in [3.05, 3.63) is 23.0 Å². The number of hydrogen-bond donors (Lipinski definition) is 0. The van der Waals surface area contributed by atoms with Gasteiger partial charge >= 0.3 is 0 Å². The van der Waals surface area contributed by atoms with Crippen molar-refractivity contribution < 1.29 is 13.2 Å². The molecule has 0 aliphatic carbocycles. The first-order valence-corrected chi connectivity index (χ1v) is 12.5. The molecule has 1 saturated heterocycles. The van der Waals surface area contributed by atoms with Crippen molar-refractivity contribution in [2.24, 2.45) is 4.99 Å². The molecule has 6 nitrogen and oxygen atoms in total. The number of piperidine rings is 1. The van der Waals surface area contributed by atoms with Gasteiger partial charge in [0.25, 0.3) is 5.91 Å². The summed E-state index contributed by atoms with van der Waals surface area (Å²) >= 11 is 3.15. The summed E-state index contributed by atoms with van der Waals surface area (Å²) in [5.41, 5.74) is 1.05. The van der Waals surface area contributed by atoms with Crippen molar-refractivity contribution in [1.82, 2.24) is 8.87 Å². The minimum absolute atomic E-state index is 0.367. The molecule has 1 amide bonds. The lowest BCUT2D eigenvalue weighted by Gasteiger charge is -2.31. The molecule has 0 spiro atoms. The highest BCUT2D eigenvalue weighted by Gasteiger charge is 2.34. The van der Waals surface area contributed by atoms with Gasteiger partial charge in [-0.05, 0) is 44.2 Å². The molecule has 0 saturated carbocycles. The maximum atomic E-state index is 12.8. The summed E-state index contributed by atoms with van der Waals surface area (Å²) in [5.74, 6) is -0.367. The SMILES string of the molecule is CCn1c(=NC(=O)C2CCCCN2S(C)(=O)=O)sc2cc(SC)ccc21. The lowest BCUT2D eigenvalue weighted by Crippen LogP contribution is -2.47. The zero-order chi connectivity index (χ0) is 18.9. The first-order valence-electron chi connectivity index (χ1n) is 8.58. The number of thioether (sulfide) groups is 1. The van der Waals surface area contributed by atoms with Gasteiger partial charge in [0.15, 0.2) is 4.80 Å². The Labute approximate surface area is 162 Å². The number of benzene rings is 1. The molecule has 9 heteroatoms. The average molecular weight is 414 g/mol. The number of hydrogen-bond acceptors (Lipinski definition) is 5. The lowest BCUT2D eigenvalue weighted by atomic mass is 10.0. The molecule has 1 fully saturated rings. The van der Waals surface area contributed by atoms with Crippen molar-refractivity contribution in [3.63, 3.8) is 0 Å². The summed E-state index contributed by atoms with van der Waals surface area (Å²) in [6.45, 7) is 3.11. The monoisotopic (exact) mass is 413 g/mol. The predicted octanol–water partition coefficient (Wildman–Crippen LogP) is 2.69. The number of fused-ring (bicyclic) bond motifs is 1. The van der Waals surface area contributed by atoms with E-state index in [0.717, 1.165) is 34.2 Å². The van der Waals surface area contributed by atoms with Gasteiger partial charge in [-0.2, -0.15) is 9.30 Å². The topological polar surface area (TPSA) is 71.7 Å². The minimum atomic E-state index is -3.42. The van der Waals surface area contributed by atoms with Crippen LogP contribution in [0.1, 0.15) is 26.2 Å². The highest BCUT2D eigenvalue weighted by molar-refractivity contribution is 7.98. The lowest BCUT2D eigenvalue weighted by molar-refractivity contribution is -0.122. The average Bonchev–Trinajstić information content (AvgIpc) is 2.96. The molecule has 2 aromatic rings. The van der Waals surface area contributed by atoms with Crippen LogP contribution in [0.15, 0.2) is 28.1 Å². The molecule has 0 N–H and O–H groups in total. The van der Waals surface area contributed by atoms with E-state index in [1.807, 2.05) is 23.8 Å². The number of amides is 1. The van der Waals surface area contributed by atoms with E-state index in [2.05, 4.69) is 17.1 Å². The standard InChI is InChI=1S/C17H23N3O3S3/c1-4-19-13-9-8-12(24-2)11-15(13)25-17(19)18-16(21)14-7-5-6-10-20(14)26(3,22)23/h8-9,11,14H,4-7,10H2,1-3H3. The molecule has 0 bridgehead atoms. The van der Waals surface area contributed by atoms with Crippen molar-refractivity contribution >= 4 is 49.2 Å². The summed E-state index contributed by atoms with van der Waals surface area (Å²) < 4.78 is 28.4. The predicted molar refractivity (Wildman–Crippen MR) is 107 cm³/mol. The maximum absolute atomic E-state index is 12.8. The number of carbonyl (C=O) groups excluding carboxylic acids is 1. The number of sulfonamides is 1. The summed E-state index contributed by atoms with van der Waals surface area (Å²) in [6, 6.07) is 5.53. The van der Waals surface area contributed by atoms with Crippen LogP contribution in [0.3, 0.4) is 0 Å². The van der Waals surface area contributed by atoms with Gasteiger partial charge in [0.2, 0.25) is 10.0 Å². The zero-order valence-electron chi connectivity index (χ0n) is 15.1. The summed E-state index contributed by atoms with van der Waals surface area (Å²) in [5, 5.41) is 0. The highest BCUT2D eigenvalue weighted by Crippen LogP contribution is 2.25. The van der Waals surface area contributed by atoms with Crippen LogP contribution in [0.25, 0.3) is 10.2 Å². The first-order chi connectivity index (χ1) is 12.3. The number of aryl methyl sites for hydroxylation is 1. The molecule has 1 aromatic heterocycles. The largest absolute Gasteiger partial charge is 0.317 e. The van der Waals surface area contributed by atoms with Crippen LogP contribution < -0.4 is 4.80 Å². The van der Waals surface area contributed by atoms with E-state index in [1.165, 1.54) is 15.6 Å². The second-order valence-electron chi connectivity index (χ2n) is 6.30. The Hall–Kier alpha value is -1.16. The number of rotatable bonds is 4. The van der Waals surface area contributed by atoms with Gasteiger partial charge in [-0.1, -0.05) is 17.8 Å². The molecular weight excluding hydrogens is 390 g/mol. The Bertz CT molecular complexity index is 992. The van der Waals surface area contributed by atoms with Crippen LogP contribution in [0, 0.1) is 0 Å². The van der Waals surface area contributed by atoms with Gasteiger partial charge in [0.05, 0.1) is 16.5 Å². The Morgan fingerprint density at radius 1 is 1.38 bits per heavy atom. The van der Waals surface area contributed by atoms with Crippen molar-refractivity contribution in [3.8, 4) is 0 Å². The smallest absolute Gasteiger partial charge is 0.266 e.